The average Bonchev–Trinajstić information content (AvgIpc) is 2.63. The Kier molecular flexibility index (Phi) is 2.62. The third-order valence-corrected chi connectivity index (χ3v) is 2.83. The fourth-order valence-corrected chi connectivity index (χ4v) is 2.00. The lowest BCUT2D eigenvalue weighted by Gasteiger charge is -2.22. The van der Waals surface area contributed by atoms with Crippen molar-refractivity contribution in [1.82, 2.24) is 9.97 Å². The fraction of sp³-hybridized carbons (Fsp3) is 0.600. The van der Waals surface area contributed by atoms with Gasteiger partial charge in [-0.15, -0.1) is 0 Å². The van der Waals surface area contributed by atoms with E-state index in [-0.39, 0.29) is 0 Å². The van der Waals surface area contributed by atoms with Gasteiger partial charge in [0.05, 0.1) is 0 Å². The molecular weight excluding hydrogens is 190 g/mol. The predicted octanol–water partition coefficient (Wildman–Crippen LogP) is 1.09. The second kappa shape index (κ2) is 3.92. The number of nitrogens with zero attached hydrogens (tertiary/aromatic N) is 3. The zero-order valence-corrected chi connectivity index (χ0v) is 9.20. The average molecular weight is 207 g/mol. The van der Waals surface area contributed by atoms with Gasteiger partial charge in [-0.05, 0) is 19.8 Å². The van der Waals surface area contributed by atoms with E-state index in [1.54, 1.807) is 0 Å². The summed E-state index contributed by atoms with van der Waals surface area (Å²) in [6.07, 6.45) is 2.44. The molecule has 0 spiro atoms. The number of rotatable bonds is 2. The highest BCUT2D eigenvalue weighted by atomic mass is 15.2. The monoisotopic (exact) mass is 207 g/mol. The molecule has 3 N–H and O–H groups in total. The summed E-state index contributed by atoms with van der Waals surface area (Å²) < 4.78 is 0. The van der Waals surface area contributed by atoms with Gasteiger partial charge in [0, 0.05) is 25.7 Å². The van der Waals surface area contributed by atoms with Crippen LogP contribution in [0.3, 0.4) is 0 Å². The Balaban J connectivity index is 2.30. The third kappa shape index (κ3) is 1.95. The fourth-order valence-electron chi connectivity index (χ4n) is 2.00. The second-order valence-electron chi connectivity index (χ2n) is 3.90. The molecule has 1 atom stereocenters. The van der Waals surface area contributed by atoms with Crippen LogP contribution in [0.15, 0.2) is 6.07 Å². The van der Waals surface area contributed by atoms with Crippen LogP contribution >= 0.6 is 0 Å². The van der Waals surface area contributed by atoms with Crippen LogP contribution in [0.4, 0.5) is 17.6 Å². The van der Waals surface area contributed by atoms with Crippen LogP contribution in [-0.4, -0.2) is 29.6 Å². The highest BCUT2D eigenvalue weighted by molar-refractivity contribution is 5.53. The quantitative estimate of drug-likeness (QED) is 0.760. The first kappa shape index (κ1) is 10.0. The Bertz CT molecular complexity index is 352. The number of nitrogens with one attached hydrogen (secondary N) is 1. The van der Waals surface area contributed by atoms with E-state index in [0.29, 0.717) is 12.0 Å². The molecule has 1 aromatic heterocycles. The van der Waals surface area contributed by atoms with E-state index < -0.39 is 0 Å². The van der Waals surface area contributed by atoms with Gasteiger partial charge >= 0.3 is 0 Å². The van der Waals surface area contributed by atoms with Crippen molar-refractivity contribution in [3.8, 4) is 0 Å². The number of hydrogen-bond donors (Lipinski definition) is 2. The minimum Gasteiger partial charge on any atom is -0.373 e. The van der Waals surface area contributed by atoms with Gasteiger partial charge in [0.2, 0.25) is 5.95 Å². The summed E-state index contributed by atoms with van der Waals surface area (Å²) in [6.45, 7) is 3.27. The van der Waals surface area contributed by atoms with Crippen molar-refractivity contribution in [2.45, 2.75) is 25.8 Å². The van der Waals surface area contributed by atoms with E-state index in [0.717, 1.165) is 18.2 Å². The maximum absolute atomic E-state index is 5.66. The van der Waals surface area contributed by atoms with Crippen molar-refractivity contribution < 1.29 is 0 Å². The largest absolute Gasteiger partial charge is 0.373 e. The molecule has 0 amide bonds. The molecule has 0 aliphatic carbocycles. The predicted molar refractivity (Wildman–Crippen MR) is 62.0 cm³/mol. The van der Waals surface area contributed by atoms with Crippen molar-refractivity contribution in [3.05, 3.63) is 6.07 Å². The zero-order chi connectivity index (χ0) is 10.8. The molecule has 1 unspecified atom stereocenters. The number of hydrogen-bond acceptors (Lipinski definition) is 5. The molecule has 0 radical (unpaired) electrons. The highest BCUT2D eigenvalue weighted by Gasteiger charge is 2.22. The maximum atomic E-state index is 5.66. The lowest BCUT2D eigenvalue weighted by Crippen LogP contribution is -2.27. The molecule has 1 saturated heterocycles. The summed E-state index contributed by atoms with van der Waals surface area (Å²) >= 11 is 0. The molecule has 0 saturated carbocycles. The Labute approximate surface area is 89.7 Å². The molecule has 2 heterocycles. The molecule has 1 aliphatic rings. The lowest BCUT2D eigenvalue weighted by atomic mass is 10.2. The maximum Gasteiger partial charge on any atom is 0.223 e. The van der Waals surface area contributed by atoms with E-state index in [4.69, 9.17) is 5.73 Å². The number of aromatic nitrogens is 2. The molecule has 5 nitrogen and oxygen atoms in total. The Morgan fingerprint density at radius 1 is 1.53 bits per heavy atom. The molecule has 1 fully saturated rings. The van der Waals surface area contributed by atoms with Crippen LogP contribution in [-0.2, 0) is 0 Å². The Morgan fingerprint density at radius 3 is 2.93 bits per heavy atom. The molecule has 0 bridgehead atoms. The third-order valence-electron chi connectivity index (χ3n) is 2.83. The van der Waals surface area contributed by atoms with Gasteiger partial charge in [0.15, 0.2) is 0 Å². The summed E-state index contributed by atoms with van der Waals surface area (Å²) in [7, 11) is 1.83. The van der Waals surface area contributed by atoms with E-state index in [1.165, 1.54) is 12.8 Å². The van der Waals surface area contributed by atoms with Crippen molar-refractivity contribution in [2.24, 2.45) is 0 Å². The SMILES string of the molecule is CNc1cc(N2CCCC2C)nc(N)n1. The van der Waals surface area contributed by atoms with E-state index >= 15 is 0 Å². The number of anilines is 3. The van der Waals surface area contributed by atoms with Gasteiger partial charge in [0.25, 0.3) is 0 Å². The van der Waals surface area contributed by atoms with Gasteiger partial charge in [-0.1, -0.05) is 0 Å². The molecular formula is C10H17N5. The van der Waals surface area contributed by atoms with Crippen LogP contribution in [0.2, 0.25) is 0 Å². The minimum atomic E-state index is 0.330. The molecule has 1 aliphatic heterocycles. The van der Waals surface area contributed by atoms with Crippen LogP contribution in [0, 0.1) is 0 Å². The van der Waals surface area contributed by atoms with Gasteiger partial charge in [0.1, 0.15) is 11.6 Å². The van der Waals surface area contributed by atoms with Gasteiger partial charge in [-0.3, -0.25) is 0 Å². The first-order valence-electron chi connectivity index (χ1n) is 5.29. The van der Waals surface area contributed by atoms with Gasteiger partial charge < -0.3 is 16.0 Å². The first-order valence-corrected chi connectivity index (χ1v) is 5.29. The van der Waals surface area contributed by atoms with E-state index in [1.807, 2.05) is 13.1 Å². The van der Waals surface area contributed by atoms with Crippen LogP contribution in [0.25, 0.3) is 0 Å². The summed E-state index contributed by atoms with van der Waals surface area (Å²) in [5, 5.41) is 2.99. The van der Waals surface area contributed by atoms with Crippen LogP contribution < -0.4 is 16.0 Å². The lowest BCUT2D eigenvalue weighted by molar-refractivity contribution is 0.727. The standard InChI is InChI=1S/C10H17N5/c1-7-4-3-5-15(7)9-6-8(12-2)13-10(11)14-9/h6-7H,3-5H2,1-2H3,(H3,11,12,13,14). The summed E-state index contributed by atoms with van der Waals surface area (Å²) in [6, 6.07) is 2.49. The van der Waals surface area contributed by atoms with Crippen molar-refractivity contribution >= 4 is 17.6 Å². The molecule has 15 heavy (non-hydrogen) atoms. The van der Waals surface area contributed by atoms with Crippen molar-refractivity contribution in [3.63, 3.8) is 0 Å². The Morgan fingerprint density at radius 2 is 2.33 bits per heavy atom. The molecule has 0 aromatic carbocycles. The normalized spacial score (nSPS) is 20.7. The Hall–Kier alpha value is -1.52. The molecule has 2 rings (SSSR count). The van der Waals surface area contributed by atoms with E-state index in [2.05, 4.69) is 27.1 Å². The topological polar surface area (TPSA) is 67.1 Å². The van der Waals surface area contributed by atoms with Gasteiger partial charge in [-0.2, -0.15) is 9.97 Å². The summed E-state index contributed by atoms with van der Waals surface area (Å²) in [4.78, 5) is 10.6. The highest BCUT2D eigenvalue weighted by Crippen LogP contribution is 2.25. The number of nitrogen functional groups attached to an aromatic ring is 1. The molecule has 82 valence electrons. The smallest absolute Gasteiger partial charge is 0.223 e. The van der Waals surface area contributed by atoms with Crippen molar-refractivity contribution in [2.75, 3.05) is 29.5 Å². The zero-order valence-electron chi connectivity index (χ0n) is 9.20. The van der Waals surface area contributed by atoms with Crippen LogP contribution in [0.1, 0.15) is 19.8 Å². The number of nitrogens with two attached hydrogens (primary N) is 1. The minimum absolute atomic E-state index is 0.330. The summed E-state index contributed by atoms with van der Waals surface area (Å²) in [5.74, 6) is 2.03. The summed E-state index contributed by atoms with van der Waals surface area (Å²) in [5.41, 5.74) is 5.66. The van der Waals surface area contributed by atoms with Gasteiger partial charge in [-0.25, -0.2) is 0 Å². The van der Waals surface area contributed by atoms with Crippen molar-refractivity contribution in [1.29, 1.82) is 0 Å². The molecule has 1 aromatic rings. The van der Waals surface area contributed by atoms with Crippen LogP contribution in [0.5, 0.6) is 0 Å². The molecule has 5 heteroatoms. The van der Waals surface area contributed by atoms with E-state index in [9.17, 15) is 0 Å². The first-order chi connectivity index (χ1) is 7.20. The second-order valence-corrected chi connectivity index (χ2v) is 3.90.